The van der Waals surface area contributed by atoms with Crippen LogP contribution in [0.15, 0.2) is 12.1 Å². The van der Waals surface area contributed by atoms with Crippen LogP contribution in [0.5, 0.6) is 11.5 Å². The summed E-state index contributed by atoms with van der Waals surface area (Å²) in [5.41, 5.74) is 6.30. The largest absolute Gasteiger partial charge is 0.493 e. The molecule has 0 saturated carbocycles. The summed E-state index contributed by atoms with van der Waals surface area (Å²) in [6.07, 6.45) is 2.34. The van der Waals surface area contributed by atoms with Crippen LogP contribution in [-0.4, -0.2) is 32.6 Å². The van der Waals surface area contributed by atoms with Gasteiger partial charge in [-0.05, 0) is 6.42 Å². The van der Waals surface area contributed by atoms with Crippen molar-refractivity contribution in [3.05, 3.63) is 12.1 Å². The fourth-order valence-electron chi connectivity index (χ4n) is 1.98. The molecule has 0 aromatic heterocycles. The van der Waals surface area contributed by atoms with Crippen LogP contribution in [0.25, 0.3) is 0 Å². The molecular weight excluding hydrogens is 298 g/mol. The Morgan fingerprint density at radius 1 is 1.00 bits per heavy atom. The predicted molar refractivity (Wildman–Crippen MR) is 90.0 cm³/mol. The van der Waals surface area contributed by atoms with Gasteiger partial charge < -0.3 is 25.8 Å². The van der Waals surface area contributed by atoms with Crippen molar-refractivity contribution in [2.75, 3.05) is 31.4 Å². The molecule has 0 heterocycles. The van der Waals surface area contributed by atoms with Crippen molar-refractivity contribution in [1.29, 1.82) is 0 Å². The Balaban J connectivity index is 3.07. The summed E-state index contributed by atoms with van der Waals surface area (Å²) in [6.45, 7) is 2.26. The monoisotopic (exact) mass is 323 g/mol. The van der Waals surface area contributed by atoms with E-state index in [1.807, 2.05) is 6.92 Å². The number of amides is 2. The van der Waals surface area contributed by atoms with Crippen LogP contribution in [0.3, 0.4) is 0 Å². The van der Waals surface area contributed by atoms with E-state index in [4.69, 9.17) is 15.2 Å². The smallest absolute Gasteiger partial charge is 0.225 e. The van der Waals surface area contributed by atoms with E-state index in [0.29, 0.717) is 29.3 Å². The second-order valence-electron chi connectivity index (χ2n) is 4.99. The summed E-state index contributed by atoms with van der Waals surface area (Å²) in [7, 11) is 3.01. The first-order valence-corrected chi connectivity index (χ1v) is 7.61. The lowest BCUT2D eigenvalue weighted by Crippen LogP contribution is -2.19. The average molecular weight is 323 g/mol. The number of methoxy groups -OCH3 is 2. The minimum Gasteiger partial charge on any atom is -0.493 e. The number of anilines is 2. The highest BCUT2D eigenvalue weighted by atomic mass is 16.5. The molecule has 0 radical (unpaired) electrons. The second-order valence-corrected chi connectivity index (χ2v) is 4.99. The van der Waals surface area contributed by atoms with Gasteiger partial charge in [-0.2, -0.15) is 0 Å². The van der Waals surface area contributed by atoms with E-state index in [9.17, 15) is 9.59 Å². The number of carbonyl (C=O) groups excluding carboxylic acids is 2. The van der Waals surface area contributed by atoms with Gasteiger partial charge in [-0.1, -0.05) is 13.3 Å². The first kappa shape index (κ1) is 18.8. The third-order valence-electron chi connectivity index (χ3n) is 3.20. The van der Waals surface area contributed by atoms with Gasteiger partial charge in [0.25, 0.3) is 0 Å². The third kappa shape index (κ3) is 5.78. The van der Waals surface area contributed by atoms with E-state index in [1.165, 1.54) is 14.2 Å². The standard InChI is InChI=1S/C16H25N3O4/c1-4-5-6-15(20)18-11-9-13(22-2)14(23-3)10-12(11)19-16(21)7-8-17/h9-10H,4-8,17H2,1-3H3,(H,18,20)(H,19,21). The van der Waals surface area contributed by atoms with Gasteiger partial charge >= 0.3 is 0 Å². The molecule has 0 unspecified atom stereocenters. The molecule has 0 fully saturated rings. The van der Waals surface area contributed by atoms with Gasteiger partial charge in [0.2, 0.25) is 11.8 Å². The maximum absolute atomic E-state index is 12.0. The average Bonchev–Trinajstić information content (AvgIpc) is 2.54. The van der Waals surface area contributed by atoms with Gasteiger partial charge in [-0.25, -0.2) is 0 Å². The molecule has 128 valence electrons. The Bertz CT molecular complexity index is 546. The Hall–Kier alpha value is -2.28. The molecule has 0 bridgehead atoms. The highest BCUT2D eigenvalue weighted by Crippen LogP contribution is 2.36. The predicted octanol–water partition coefficient (Wildman–Crippen LogP) is 2.12. The minimum atomic E-state index is -0.233. The lowest BCUT2D eigenvalue weighted by atomic mass is 10.2. The van der Waals surface area contributed by atoms with Gasteiger partial charge in [0, 0.05) is 31.5 Å². The van der Waals surface area contributed by atoms with E-state index < -0.39 is 0 Å². The molecule has 1 aromatic carbocycles. The second kappa shape index (κ2) is 9.68. The van der Waals surface area contributed by atoms with Crippen LogP contribution in [0.4, 0.5) is 11.4 Å². The van der Waals surface area contributed by atoms with Crippen molar-refractivity contribution in [3.8, 4) is 11.5 Å². The van der Waals surface area contributed by atoms with E-state index in [-0.39, 0.29) is 24.8 Å². The zero-order chi connectivity index (χ0) is 17.2. The molecule has 0 aliphatic heterocycles. The molecule has 2 amide bonds. The molecule has 0 aliphatic rings. The molecule has 7 nitrogen and oxygen atoms in total. The summed E-state index contributed by atoms with van der Waals surface area (Å²) in [5, 5.41) is 5.53. The summed E-state index contributed by atoms with van der Waals surface area (Å²) >= 11 is 0. The highest BCUT2D eigenvalue weighted by molar-refractivity contribution is 6.00. The molecule has 0 saturated heterocycles. The number of rotatable bonds is 9. The molecule has 23 heavy (non-hydrogen) atoms. The zero-order valence-corrected chi connectivity index (χ0v) is 13.9. The quantitative estimate of drug-likeness (QED) is 0.646. The topological polar surface area (TPSA) is 103 Å². The van der Waals surface area contributed by atoms with Gasteiger partial charge in [0.15, 0.2) is 11.5 Å². The van der Waals surface area contributed by atoms with Crippen LogP contribution in [0, 0.1) is 0 Å². The normalized spacial score (nSPS) is 10.1. The van der Waals surface area contributed by atoms with Gasteiger partial charge in [-0.15, -0.1) is 0 Å². The molecule has 0 atom stereocenters. The highest BCUT2D eigenvalue weighted by Gasteiger charge is 2.15. The number of nitrogens with one attached hydrogen (secondary N) is 2. The fraction of sp³-hybridized carbons (Fsp3) is 0.500. The van der Waals surface area contributed by atoms with Crippen LogP contribution >= 0.6 is 0 Å². The minimum absolute atomic E-state index is 0.117. The van der Waals surface area contributed by atoms with E-state index in [0.717, 1.165) is 12.8 Å². The van der Waals surface area contributed by atoms with Crippen LogP contribution < -0.4 is 25.8 Å². The Kier molecular flexibility index (Phi) is 7.90. The summed E-state index contributed by atoms with van der Waals surface area (Å²) in [6, 6.07) is 3.24. The first-order chi connectivity index (χ1) is 11.0. The molecule has 4 N–H and O–H groups in total. The van der Waals surface area contributed by atoms with E-state index >= 15 is 0 Å². The van der Waals surface area contributed by atoms with Crippen LogP contribution in [0.2, 0.25) is 0 Å². The van der Waals surface area contributed by atoms with Crippen molar-refractivity contribution in [2.45, 2.75) is 32.6 Å². The van der Waals surface area contributed by atoms with Crippen molar-refractivity contribution >= 4 is 23.2 Å². The molecule has 0 aliphatic carbocycles. The van der Waals surface area contributed by atoms with E-state index in [2.05, 4.69) is 10.6 Å². The number of carbonyl (C=O) groups is 2. The van der Waals surface area contributed by atoms with Crippen molar-refractivity contribution < 1.29 is 19.1 Å². The first-order valence-electron chi connectivity index (χ1n) is 7.61. The van der Waals surface area contributed by atoms with E-state index in [1.54, 1.807) is 12.1 Å². The van der Waals surface area contributed by atoms with Gasteiger partial charge in [0.1, 0.15) is 0 Å². The van der Waals surface area contributed by atoms with Gasteiger partial charge in [0.05, 0.1) is 25.6 Å². The third-order valence-corrected chi connectivity index (χ3v) is 3.20. The maximum Gasteiger partial charge on any atom is 0.225 e. The fourth-order valence-corrected chi connectivity index (χ4v) is 1.98. The zero-order valence-electron chi connectivity index (χ0n) is 13.9. The van der Waals surface area contributed by atoms with Crippen LogP contribution in [0.1, 0.15) is 32.6 Å². The lowest BCUT2D eigenvalue weighted by molar-refractivity contribution is -0.117. The molecular formula is C16H25N3O4. The number of ether oxygens (including phenoxy) is 2. The maximum atomic E-state index is 12.0. The Morgan fingerprint density at radius 3 is 1.87 bits per heavy atom. The lowest BCUT2D eigenvalue weighted by Gasteiger charge is -2.16. The molecule has 1 rings (SSSR count). The number of benzene rings is 1. The number of nitrogens with two attached hydrogens (primary N) is 1. The summed E-state index contributed by atoms with van der Waals surface area (Å²) < 4.78 is 10.5. The molecule has 1 aromatic rings. The number of unbranched alkanes of at least 4 members (excludes halogenated alkanes) is 1. The van der Waals surface area contributed by atoms with Crippen molar-refractivity contribution in [1.82, 2.24) is 0 Å². The van der Waals surface area contributed by atoms with Crippen molar-refractivity contribution in [2.24, 2.45) is 5.73 Å². The van der Waals surface area contributed by atoms with Gasteiger partial charge in [-0.3, -0.25) is 9.59 Å². The summed E-state index contributed by atoms with van der Waals surface area (Å²) in [4.78, 5) is 23.8. The number of hydrogen-bond donors (Lipinski definition) is 3. The number of hydrogen-bond acceptors (Lipinski definition) is 5. The Morgan fingerprint density at radius 2 is 1.48 bits per heavy atom. The van der Waals surface area contributed by atoms with Crippen molar-refractivity contribution in [3.63, 3.8) is 0 Å². The molecule has 0 spiro atoms. The SMILES string of the molecule is CCCCC(=O)Nc1cc(OC)c(OC)cc1NC(=O)CCN. The summed E-state index contributed by atoms with van der Waals surface area (Å²) in [5.74, 6) is 0.578. The van der Waals surface area contributed by atoms with Crippen LogP contribution in [-0.2, 0) is 9.59 Å². The molecule has 7 heteroatoms. The Labute approximate surface area is 136 Å².